The molecule has 2 nitrogen and oxygen atoms in total. The summed E-state index contributed by atoms with van der Waals surface area (Å²) >= 11 is 5.72. The summed E-state index contributed by atoms with van der Waals surface area (Å²) in [5.74, 6) is -0.0992. The molecule has 10 heavy (non-hydrogen) atoms. The molecule has 0 radical (unpaired) electrons. The highest BCUT2D eigenvalue weighted by Gasteiger charge is 2.19. The van der Waals surface area contributed by atoms with Gasteiger partial charge in [-0.05, 0) is 13.3 Å². The third-order valence-electron chi connectivity index (χ3n) is 1.58. The molecule has 2 atom stereocenters. The minimum atomic E-state index is -0.0992. The zero-order chi connectivity index (χ0) is 7.56. The number of rotatable bonds is 0. The molecule has 1 N–H and O–H groups in total. The summed E-state index contributed by atoms with van der Waals surface area (Å²) < 4.78 is 0. The van der Waals surface area contributed by atoms with Crippen LogP contribution in [-0.4, -0.2) is 6.04 Å². The van der Waals surface area contributed by atoms with E-state index in [2.05, 4.69) is 11.4 Å². The second-order valence-corrected chi connectivity index (χ2v) is 2.95. The van der Waals surface area contributed by atoms with Gasteiger partial charge in [0.25, 0.3) is 0 Å². The van der Waals surface area contributed by atoms with Crippen LogP contribution >= 0.6 is 11.6 Å². The van der Waals surface area contributed by atoms with Crippen LogP contribution in [0.4, 0.5) is 0 Å². The summed E-state index contributed by atoms with van der Waals surface area (Å²) in [4.78, 5) is 0. The minimum Gasteiger partial charge on any atom is -0.387 e. The fourth-order valence-corrected chi connectivity index (χ4v) is 1.17. The maximum atomic E-state index is 8.58. The van der Waals surface area contributed by atoms with Gasteiger partial charge in [-0.1, -0.05) is 11.6 Å². The van der Waals surface area contributed by atoms with Gasteiger partial charge >= 0.3 is 0 Å². The van der Waals surface area contributed by atoms with Crippen LogP contribution in [0.2, 0.25) is 0 Å². The van der Waals surface area contributed by atoms with Crippen molar-refractivity contribution in [3.63, 3.8) is 0 Å². The lowest BCUT2D eigenvalue weighted by Gasteiger charge is -2.20. The normalized spacial score (nSPS) is 31.9. The molecule has 3 heteroatoms. The highest BCUT2D eigenvalue weighted by atomic mass is 35.5. The average Bonchev–Trinajstić information content (AvgIpc) is 1.94. The highest BCUT2D eigenvalue weighted by molar-refractivity contribution is 6.30. The van der Waals surface area contributed by atoms with E-state index in [1.807, 2.05) is 6.92 Å². The van der Waals surface area contributed by atoms with Crippen LogP contribution in [-0.2, 0) is 0 Å². The molecule has 0 fully saturated rings. The monoisotopic (exact) mass is 156 g/mol. The second kappa shape index (κ2) is 2.94. The number of nitrogens with zero attached hydrogens (tertiary/aromatic N) is 1. The molecule has 0 aromatic rings. The molecule has 0 saturated heterocycles. The molecule has 0 aliphatic carbocycles. The molecule has 54 valence electrons. The zero-order valence-electron chi connectivity index (χ0n) is 5.76. The van der Waals surface area contributed by atoms with Crippen molar-refractivity contribution in [1.82, 2.24) is 5.32 Å². The smallest absolute Gasteiger partial charge is 0.0853 e. The van der Waals surface area contributed by atoms with Gasteiger partial charge in [0.2, 0.25) is 0 Å². The van der Waals surface area contributed by atoms with Gasteiger partial charge in [0.1, 0.15) is 0 Å². The van der Waals surface area contributed by atoms with Crippen LogP contribution in [0.15, 0.2) is 11.2 Å². The van der Waals surface area contributed by atoms with Gasteiger partial charge in [-0.3, -0.25) is 0 Å². The number of nitrogens with one attached hydrogen (secondary N) is 1. The Hall–Kier alpha value is -0.680. The van der Waals surface area contributed by atoms with Crippen molar-refractivity contribution < 1.29 is 0 Å². The number of nitriles is 1. The summed E-state index contributed by atoms with van der Waals surface area (Å²) in [6, 6.07) is 2.51. The van der Waals surface area contributed by atoms with E-state index in [0.717, 1.165) is 6.42 Å². The van der Waals surface area contributed by atoms with E-state index in [-0.39, 0.29) is 5.92 Å². The minimum absolute atomic E-state index is 0.0992. The van der Waals surface area contributed by atoms with Crippen molar-refractivity contribution in [2.24, 2.45) is 5.92 Å². The molecule has 0 aromatic heterocycles. The molecule has 1 heterocycles. The van der Waals surface area contributed by atoms with Gasteiger partial charge in [-0.2, -0.15) is 5.26 Å². The number of halogens is 1. The molecule has 2 unspecified atom stereocenters. The van der Waals surface area contributed by atoms with Crippen molar-refractivity contribution in [2.45, 2.75) is 19.4 Å². The third kappa shape index (κ3) is 1.43. The lowest BCUT2D eigenvalue weighted by Crippen LogP contribution is -2.28. The quantitative estimate of drug-likeness (QED) is 0.578. The van der Waals surface area contributed by atoms with Crippen molar-refractivity contribution in [2.75, 3.05) is 0 Å². The van der Waals surface area contributed by atoms with E-state index >= 15 is 0 Å². The molecular weight excluding hydrogens is 148 g/mol. The van der Waals surface area contributed by atoms with Crippen LogP contribution in [0.3, 0.4) is 0 Å². The van der Waals surface area contributed by atoms with Gasteiger partial charge in [0.15, 0.2) is 0 Å². The SMILES string of the molecule is CC1CC(C#N)C(Cl)=CN1. The van der Waals surface area contributed by atoms with Crippen LogP contribution in [0.5, 0.6) is 0 Å². The molecule has 1 aliphatic rings. The number of hydrogen-bond acceptors (Lipinski definition) is 2. The zero-order valence-corrected chi connectivity index (χ0v) is 6.52. The lowest BCUT2D eigenvalue weighted by atomic mass is 9.99. The first-order chi connectivity index (χ1) is 4.74. The van der Waals surface area contributed by atoms with Crippen LogP contribution in [0, 0.1) is 17.2 Å². The average molecular weight is 157 g/mol. The van der Waals surface area contributed by atoms with Crippen LogP contribution in [0.25, 0.3) is 0 Å². The van der Waals surface area contributed by atoms with E-state index < -0.39 is 0 Å². The second-order valence-electron chi connectivity index (χ2n) is 2.51. The first-order valence-corrected chi connectivity index (χ1v) is 3.63. The summed E-state index contributed by atoms with van der Waals surface area (Å²) in [5.41, 5.74) is 0. The van der Waals surface area contributed by atoms with E-state index in [1.165, 1.54) is 0 Å². The number of allylic oxidation sites excluding steroid dienone is 1. The van der Waals surface area contributed by atoms with Gasteiger partial charge < -0.3 is 5.32 Å². The lowest BCUT2D eigenvalue weighted by molar-refractivity contribution is 0.511. The van der Waals surface area contributed by atoms with Gasteiger partial charge in [-0.15, -0.1) is 0 Å². The largest absolute Gasteiger partial charge is 0.387 e. The van der Waals surface area contributed by atoms with Crippen molar-refractivity contribution >= 4 is 11.6 Å². The summed E-state index contributed by atoms with van der Waals surface area (Å²) in [6.07, 6.45) is 2.52. The van der Waals surface area contributed by atoms with Crippen LogP contribution in [0.1, 0.15) is 13.3 Å². The van der Waals surface area contributed by atoms with Crippen molar-refractivity contribution in [3.05, 3.63) is 11.2 Å². The highest BCUT2D eigenvalue weighted by Crippen LogP contribution is 2.22. The summed E-state index contributed by atoms with van der Waals surface area (Å²) in [5, 5.41) is 12.3. The Balaban J connectivity index is 2.68. The Morgan fingerprint density at radius 1 is 1.90 bits per heavy atom. The molecule has 0 bridgehead atoms. The van der Waals surface area contributed by atoms with Crippen LogP contribution < -0.4 is 5.32 Å². The summed E-state index contributed by atoms with van der Waals surface area (Å²) in [7, 11) is 0. The number of hydrogen-bond donors (Lipinski definition) is 1. The van der Waals surface area contributed by atoms with Gasteiger partial charge in [0.05, 0.1) is 17.0 Å². The molecule has 0 saturated carbocycles. The topological polar surface area (TPSA) is 35.8 Å². The Labute approximate surface area is 65.5 Å². The molecule has 0 spiro atoms. The Morgan fingerprint density at radius 3 is 3.10 bits per heavy atom. The molecule has 0 aromatic carbocycles. The Kier molecular flexibility index (Phi) is 2.18. The van der Waals surface area contributed by atoms with E-state index in [1.54, 1.807) is 6.20 Å². The van der Waals surface area contributed by atoms with Crippen molar-refractivity contribution in [3.8, 4) is 6.07 Å². The fraction of sp³-hybridized carbons (Fsp3) is 0.571. The molecule has 1 aliphatic heterocycles. The summed E-state index contributed by atoms with van der Waals surface area (Å²) in [6.45, 7) is 2.03. The first-order valence-electron chi connectivity index (χ1n) is 3.25. The van der Waals surface area contributed by atoms with Gasteiger partial charge in [0, 0.05) is 12.2 Å². The van der Waals surface area contributed by atoms with E-state index in [0.29, 0.717) is 11.1 Å². The Bertz CT molecular complexity index is 192. The standard InChI is InChI=1S/C7H9ClN2/c1-5-2-6(3-9)7(8)4-10-5/h4-6,10H,2H2,1H3. The fourth-order valence-electron chi connectivity index (χ4n) is 0.971. The predicted molar refractivity (Wildman–Crippen MR) is 40.3 cm³/mol. The third-order valence-corrected chi connectivity index (χ3v) is 1.96. The van der Waals surface area contributed by atoms with Crippen molar-refractivity contribution in [1.29, 1.82) is 5.26 Å². The van der Waals surface area contributed by atoms with E-state index in [9.17, 15) is 0 Å². The Morgan fingerprint density at radius 2 is 2.60 bits per heavy atom. The maximum Gasteiger partial charge on any atom is 0.0853 e. The maximum absolute atomic E-state index is 8.58. The predicted octanol–water partition coefficient (Wildman–Crippen LogP) is 1.59. The van der Waals surface area contributed by atoms with Gasteiger partial charge in [-0.25, -0.2) is 0 Å². The first kappa shape index (κ1) is 7.43. The molecule has 0 amide bonds. The van der Waals surface area contributed by atoms with E-state index in [4.69, 9.17) is 16.9 Å². The molecular formula is C7H9ClN2. The molecule has 1 rings (SSSR count).